The molecule has 0 saturated carbocycles. The van der Waals surface area contributed by atoms with Gasteiger partial charge in [0, 0.05) is 5.69 Å². The number of nitrogens with one attached hydrogen (secondary N) is 1. The number of aromatic amines is 1. The van der Waals surface area contributed by atoms with E-state index in [1.165, 1.54) is 0 Å². The van der Waals surface area contributed by atoms with Crippen LogP contribution in [0.2, 0.25) is 0 Å². The van der Waals surface area contributed by atoms with E-state index in [1.54, 1.807) is 0 Å². The maximum atomic E-state index is 5.90. The van der Waals surface area contributed by atoms with Crippen molar-refractivity contribution >= 4 is 0 Å². The monoisotopic (exact) mass is 167 g/mol. The first-order valence-corrected chi connectivity index (χ1v) is 4.30. The molecule has 0 saturated heterocycles. The van der Waals surface area contributed by atoms with Gasteiger partial charge in [-0.1, -0.05) is 6.92 Å². The maximum Gasteiger partial charge on any atom is 0.126 e. The summed E-state index contributed by atoms with van der Waals surface area (Å²) >= 11 is 0. The number of aryl methyl sites for hydroxylation is 2. The van der Waals surface area contributed by atoms with Crippen LogP contribution in [0.5, 0.6) is 0 Å². The molecule has 0 amide bonds. The van der Waals surface area contributed by atoms with Crippen LogP contribution in [0.15, 0.2) is 0 Å². The highest BCUT2D eigenvalue weighted by molar-refractivity contribution is 5.16. The van der Waals surface area contributed by atoms with E-state index in [-0.39, 0.29) is 5.54 Å². The zero-order chi connectivity index (χ0) is 9.35. The van der Waals surface area contributed by atoms with E-state index in [2.05, 4.69) is 16.9 Å². The SMILES string of the molecule is CCc1nc(C(C)(C)N)[nH]c1C. The van der Waals surface area contributed by atoms with Crippen LogP contribution in [0.3, 0.4) is 0 Å². The number of imidazole rings is 1. The molecule has 12 heavy (non-hydrogen) atoms. The molecular formula is C9H17N3. The lowest BCUT2D eigenvalue weighted by atomic mass is 10.1. The van der Waals surface area contributed by atoms with Gasteiger partial charge in [0.15, 0.2) is 0 Å². The standard InChI is InChI=1S/C9H17N3/c1-5-7-6(2)11-8(12-7)9(3,4)10/h5,10H2,1-4H3,(H,11,12). The summed E-state index contributed by atoms with van der Waals surface area (Å²) in [6.07, 6.45) is 0.957. The molecule has 0 bridgehead atoms. The van der Waals surface area contributed by atoms with Crippen molar-refractivity contribution < 1.29 is 0 Å². The third-order valence-electron chi connectivity index (χ3n) is 1.93. The van der Waals surface area contributed by atoms with Crippen molar-refractivity contribution in [3.63, 3.8) is 0 Å². The molecular weight excluding hydrogens is 150 g/mol. The Morgan fingerprint density at radius 2 is 2.08 bits per heavy atom. The molecule has 0 spiro atoms. The minimum absolute atomic E-state index is 0.363. The molecule has 0 aliphatic heterocycles. The second-order valence-corrected chi connectivity index (χ2v) is 3.73. The van der Waals surface area contributed by atoms with Gasteiger partial charge in [0.1, 0.15) is 5.82 Å². The first kappa shape index (κ1) is 9.26. The second-order valence-electron chi connectivity index (χ2n) is 3.73. The lowest BCUT2D eigenvalue weighted by Gasteiger charge is -2.14. The Bertz CT molecular complexity index is 268. The van der Waals surface area contributed by atoms with Crippen LogP contribution >= 0.6 is 0 Å². The molecule has 1 aromatic heterocycles. The van der Waals surface area contributed by atoms with Crippen molar-refractivity contribution in [1.29, 1.82) is 0 Å². The third kappa shape index (κ3) is 1.67. The van der Waals surface area contributed by atoms with Gasteiger partial charge in [-0.2, -0.15) is 0 Å². The van der Waals surface area contributed by atoms with E-state index in [9.17, 15) is 0 Å². The third-order valence-corrected chi connectivity index (χ3v) is 1.93. The molecule has 3 N–H and O–H groups in total. The quantitative estimate of drug-likeness (QED) is 0.701. The Kier molecular flexibility index (Phi) is 2.24. The number of nitrogens with zero attached hydrogens (tertiary/aromatic N) is 1. The molecule has 0 aliphatic rings. The molecule has 0 aliphatic carbocycles. The molecule has 1 heterocycles. The maximum absolute atomic E-state index is 5.90. The first-order valence-electron chi connectivity index (χ1n) is 4.30. The molecule has 0 radical (unpaired) electrons. The van der Waals surface area contributed by atoms with Crippen LogP contribution < -0.4 is 5.73 Å². The van der Waals surface area contributed by atoms with E-state index >= 15 is 0 Å². The molecule has 3 heteroatoms. The van der Waals surface area contributed by atoms with Crippen LogP contribution in [0.25, 0.3) is 0 Å². The highest BCUT2D eigenvalue weighted by Crippen LogP contribution is 2.15. The fourth-order valence-electron chi connectivity index (χ4n) is 1.15. The number of H-pyrrole nitrogens is 1. The zero-order valence-electron chi connectivity index (χ0n) is 8.23. The summed E-state index contributed by atoms with van der Waals surface area (Å²) in [6, 6.07) is 0. The fraction of sp³-hybridized carbons (Fsp3) is 0.667. The van der Waals surface area contributed by atoms with Crippen LogP contribution in [0, 0.1) is 6.92 Å². The van der Waals surface area contributed by atoms with Gasteiger partial charge in [0.25, 0.3) is 0 Å². The Morgan fingerprint density at radius 3 is 2.33 bits per heavy atom. The molecule has 0 unspecified atom stereocenters. The smallest absolute Gasteiger partial charge is 0.126 e. The largest absolute Gasteiger partial charge is 0.344 e. The minimum Gasteiger partial charge on any atom is -0.344 e. The molecule has 3 nitrogen and oxygen atoms in total. The van der Waals surface area contributed by atoms with Crippen molar-refractivity contribution in [3.8, 4) is 0 Å². The van der Waals surface area contributed by atoms with Gasteiger partial charge in [-0.15, -0.1) is 0 Å². The summed E-state index contributed by atoms with van der Waals surface area (Å²) in [5.41, 5.74) is 7.78. The summed E-state index contributed by atoms with van der Waals surface area (Å²) in [6.45, 7) is 8.02. The number of hydrogen-bond acceptors (Lipinski definition) is 2. The van der Waals surface area contributed by atoms with Gasteiger partial charge in [0.2, 0.25) is 0 Å². The van der Waals surface area contributed by atoms with E-state index in [0.29, 0.717) is 0 Å². The van der Waals surface area contributed by atoms with Crippen LogP contribution in [-0.2, 0) is 12.0 Å². The van der Waals surface area contributed by atoms with Crippen molar-refractivity contribution in [2.75, 3.05) is 0 Å². The molecule has 0 fully saturated rings. The van der Waals surface area contributed by atoms with Gasteiger partial charge < -0.3 is 10.7 Å². The molecule has 1 rings (SSSR count). The number of aromatic nitrogens is 2. The zero-order valence-corrected chi connectivity index (χ0v) is 8.23. The predicted octanol–water partition coefficient (Wildman–Crippen LogP) is 1.47. The van der Waals surface area contributed by atoms with E-state index in [0.717, 1.165) is 23.6 Å². The normalized spacial score (nSPS) is 12.1. The minimum atomic E-state index is -0.363. The lowest BCUT2D eigenvalue weighted by molar-refractivity contribution is 0.518. The van der Waals surface area contributed by atoms with Crippen molar-refractivity contribution in [1.82, 2.24) is 9.97 Å². The van der Waals surface area contributed by atoms with Crippen LogP contribution in [0.1, 0.15) is 38.0 Å². The molecule has 0 aromatic carbocycles. The van der Waals surface area contributed by atoms with Gasteiger partial charge in [-0.05, 0) is 27.2 Å². The fourth-order valence-corrected chi connectivity index (χ4v) is 1.15. The Hall–Kier alpha value is -0.830. The summed E-state index contributed by atoms with van der Waals surface area (Å²) in [7, 11) is 0. The van der Waals surface area contributed by atoms with Crippen LogP contribution in [0.4, 0.5) is 0 Å². The summed E-state index contributed by atoms with van der Waals surface area (Å²) in [4.78, 5) is 7.62. The highest BCUT2D eigenvalue weighted by atomic mass is 15.0. The average Bonchev–Trinajstić information content (AvgIpc) is 2.29. The Balaban J connectivity index is 3.05. The molecule has 1 aromatic rings. The predicted molar refractivity (Wildman–Crippen MR) is 49.9 cm³/mol. The van der Waals surface area contributed by atoms with E-state index in [4.69, 9.17) is 5.73 Å². The van der Waals surface area contributed by atoms with Gasteiger partial charge in [-0.25, -0.2) is 4.98 Å². The van der Waals surface area contributed by atoms with Crippen molar-refractivity contribution in [3.05, 3.63) is 17.2 Å². The topological polar surface area (TPSA) is 54.7 Å². The second kappa shape index (κ2) is 2.90. The van der Waals surface area contributed by atoms with E-state index in [1.807, 2.05) is 20.8 Å². The van der Waals surface area contributed by atoms with Crippen LogP contribution in [-0.4, -0.2) is 9.97 Å². The number of nitrogens with two attached hydrogens (primary N) is 1. The summed E-state index contributed by atoms with van der Waals surface area (Å²) in [5, 5.41) is 0. The van der Waals surface area contributed by atoms with Crippen molar-refractivity contribution in [2.24, 2.45) is 5.73 Å². The van der Waals surface area contributed by atoms with Crippen molar-refractivity contribution in [2.45, 2.75) is 39.7 Å². The van der Waals surface area contributed by atoms with E-state index < -0.39 is 0 Å². The molecule has 68 valence electrons. The lowest BCUT2D eigenvalue weighted by Crippen LogP contribution is -2.30. The average molecular weight is 167 g/mol. The number of rotatable bonds is 2. The van der Waals surface area contributed by atoms with Gasteiger partial charge in [-0.3, -0.25) is 0 Å². The number of hydrogen-bond donors (Lipinski definition) is 2. The summed E-state index contributed by atoms with van der Waals surface area (Å²) < 4.78 is 0. The Morgan fingerprint density at radius 1 is 1.50 bits per heavy atom. The highest BCUT2D eigenvalue weighted by Gasteiger charge is 2.19. The summed E-state index contributed by atoms with van der Waals surface area (Å²) in [5.74, 6) is 0.872. The van der Waals surface area contributed by atoms with Gasteiger partial charge >= 0.3 is 0 Å². The molecule has 0 atom stereocenters. The van der Waals surface area contributed by atoms with Gasteiger partial charge in [0.05, 0.1) is 11.2 Å². The first-order chi connectivity index (χ1) is 5.45. The Labute approximate surface area is 73.4 Å².